The van der Waals surface area contributed by atoms with Crippen LogP contribution in [0.25, 0.3) is 0 Å². The number of unbranched alkanes of at least 4 members (excludes halogenated alkanes) is 1. The van der Waals surface area contributed by atoms with E-state index < -0.39 is 11.1 Å². The van der Waals surface area contributed by atoms with Crippen molar-refractivity contribution in [1.82, 2.24) is 10.2 Å². The number of rotatable bonds is 4. The molecule has 2 aliphatic rings. The molecule has 1 aliphatic carbocycles. The first kappa shape index (κ1) is 13.4. The van der Waals surface area contributed by atoms with Gasteiger partial charge in [-0.2, -0.15) is 0 Å². The second-order valence-corrected chi connectivity index (χ2v) is 6.31. The number of carbonyl (C=O) groups is 2. The maximum atomic E-state index is 12.6. The Morgan fingerprint density at radius 3 is 2.39 bits per heavy atom. The molecule has 0 aromatic carbocycles. The summed E-state index contributed by atoms with van der Waals surface area (Å²) >= 11 is 0. The standard InChI is InChI=1S/C14H24N2O2/c1-5-6-9-16-12(18)13(2,3)15-11(17)14(16,4)10-7-8-10/h10H,5-9H2,1-4H3,(H,15,17). The minimum Gasteiger partial charge on any atom is -0.340 e. The molecule has 2 rings (SSSR count). The zero-order valence-corrected chi connectivity index (χ0v) is 11.9. The fraction of sp³-hybridized carbons (Fsp3) is 0.857. The summed E-state index contributed by atoms with van der Waals surface area (Å²) in [7, 11) is 0. The molecule has 0 bridgehead atoms. The van der Waals surface area contributed by atoms with Gasteiger partial charge in [-0.3, -0.25) is 9.59 Å². The van der Waals surface area contributed by atoms with Crippen molar-refractivity contribution in [3.63, 3.8) is 0 Å². The lowest BCUT2D eigenvalue weighted by atomic mass is 9.84. The van der Waals surface area contributed by atoms with E-state index in [9.17, 15) is 9.59 Å². The molecular weight excluding hydrogens is 228 g/mol. The van der Waals surface area contributed by atoms with Crippen molar-refractivity contribution in [2.24, 2.45) is 5.92 Å². The highest BCUT2D eigenvalue weighted by Crippen LogP contribution is 2.45. The van der Waals surface area contributed by atoms with Crippen molar-refractivity contribution in [3.8, 4) is 0 Å². The lowest BCUT2D eigenvalue weighted by Gasteiger charge is -2.49. The van der Waals surface area contributed by atoms with Crippen LogP contribution >= 0.6 is 0 Å². The van der Waals surface area contributed by atoms with Crippen LogP contribution in [0, 0.1) is 5.92 Å². The molecular formula is C14H24N2O2. The number of hydrogen-bond acceptors (Lipinski definition) is 2. The van der Waals surface area contributed by atoms with Crippen LogP contribution < -0.4 is 5.32 Å². The quantitative estimate of drug-likeness (QED) is 0.827. The average molecular weight is 252 g/mol. The molecule has 1 heterocycles. The third-order valence-electron chi connectivity index (χ3n) is 4.33. The summed E-state index contributed by atoms with van der Waals surface area (Å²) in [5, 5.41) is 2.89. The van der Waals surface area contributed by atoms with Gasteiger partial charge in [0.2, 0.25) is 11.8 Å². The smallest absolute Gasteiger partial charge is 0.248 e. The molecule has 1 unspecified atom stereocenters. The number of amides is 2. The zero-order valence-electron chi connectivity index (χ0n) is 11.9. The van der Waals surface area contributed by atoms with E-state index in [4.69, 9.17) is 0 Å². The molecule has 0 aromatic rings. The first-order valence-electron chi connectivity index (χ1n) is 6.98. The van der Waals surface area contributed by atoms with Crippen molar-refractivity contribution in [2.75, 3.05) is 6.54 Å². The first-order chi connectivity index (χ1) is 8.34. The Balaban J connectivity index is 2.31. The van der Waals surface area contributed by atoms with E-state index in [1.165, 1.54) is 0 Å². The maximum absolute atomic E-state index is 12.6. The van der Waals surface area contributed by atoms with Gasteiger partial charge in [-0.05, 0) is 46.0 Å². The monoisotopic (exact) mass is 252 g/mol. The molecule has 1 atom stereocenters. The number of hydrogen-bond donors (Lipinski definition) is 1. The van der Waals surface area contributed by atoms with Crippen LogP contribution in [0.2, 0.25) is 0 Å². The number of piperazine rings is 1. The predicted octanol–water partition coefficient (Wildman–Crippen LogP) is 1.69. The van der Waals surface area contributed by atoms with Crippen molar-refractivity contribution >= 4 is 11.8 Å². The van der Waals surface area contributed by atoms with Crippen molar-refractivity contribution in [1.29, 1.82) is 0 Å². The summed E-state index contributed by atoms with van der Waals surface area (Å²) in [5.74, 6) is 0.421. The van der Waals surface area contributed by atoms with Gasteiger partial charge in [0.25, 0.3) is 0 Å². The summed E-state index contributed by atoms with van der Waals surface area (Å²) < 4.78 is 0. The van der Waals surface area contributed by atoms with E-state index in [1.807, 2.05) is 11.8 Å². The molecule has 0 spiro atoms. The van der Waals surface area contributed by atoms with Crippen LogP contribution in [0.5, 0.6) is 0 Å². The topological polar surface area (TPSA) is 49.4 Å². The molecule has 0 aromatic heterocycles. The van der Waals surface area contributed by atoms with Crippen LogP contribution in [0.4, 0.5) is 0 Å². The largest absolute Gasteiger partial charge is 0.340 e. The van der Waals surface area contributed by atoms with E-state index >= 15 is 0 Å². The third kappa shape index (κ3) is 1.91. The van der Waals surface area contributed by atoms with Crippen LogP contribution in [-0.4, -0.2) is 34.3 Å². The molecule has 0 radical (unpaired) electrons. The summed E-state index contributed by atoms with van der Waals surface area (Å²) in [6.45, 7) is 8.31. The molecule has 1 saturated carbocycles. The highest BCUT2D eigenvalue weighted by Gasteiger charge is 2.58. The van der Waals surface area contributed by atoms with Gasteiger partial charge in [0.05, 0.1) is 0 Å². The Labute approximate surface area is 109 Å². The molecule has 1 saturated heterocycles. The number of nitrogens with zero attached hydrogens (tertiary/aromatic N) is 1. The van der Waals surface area contributed by atoms with Crippen molar-refractivity contribution < 1.29 is 9.59 Å². The summed E-state index contributed by atoms with van der Waals surface area (Å²) in [6.07, 6.45) is 4.10. The summed E-state index contributed by atoms with van der Waals surface area (Å²) in [5.41, 5.74) is -1.39. The van der Waals surface area contributed by atoms with E-state index in [-0.39, 0.29) is 11.8 Å². The second kappa shape index (κ2) is 4.25. The molecule has 2 fully saturated rings. The SMILES string of the molecule is CCCCN1C(=O)C(C)(C)NC(=O)C1(C)C1CC1. The lowest BCUT2D eigenvalue weighted by molar-refractivity contribution is -0.162. The number of carbonyl (C=O) groups excluding carboxylic acids is 2. The molecule has 4 heteroatoms. The van der Waals surface area contributed by atoms with Gasteiger partial charge in [-0.25, -0.2) is 0 Å². The molecule has 1 N–H and O–H groups in total. The normalized spacial score (nSPS) is 31.4. The van der Waals surface area contributed by atoms with Gasteiger partial charge in [0.1, 0.15) is 11.1 Å². The zero-order chi connectivity index (χ0) is 13.6. The fourth-order valence-corrected chi connectivity index (χ4v) is 2.84. The van der Waals surface area contributed by atoms with Crippen LogP contribution in [0.3, 0.4) is 0 Å². The molecule has 4 nitrogen and oxygen atoms in total. The number of nitrogens with one attached hydrogen (secondary N) is 1. The minimum atomic E-state index is -0.765. The Kier molecular flexibility index (Phi) is 3.16. The second-order valence-electron chi connectivity index (χ2n) is 6.31. The molecule has 1 aliphatic heterocycles. The molecule has 102 valence electrons. The average Bonchev–Trinajstić information content (AvgIpc) is 3.10. The molecule has 2 amide bonds. The Bertz CT molecular complexity index is 374. The Hall–Kier alpha value is -1.06. The highest BCUT2D eigenvalue weighted by atomic mass is 16.2. The highest BCUT2D eigenvalue weighted by molar-refractivity contribution is 6.02. The van der Waals surface area contributed by atoms with Crippen molar-refractivity contribution in [3.05, 3.63) is 0 Å². The first-order valence-corrected chi connectivity index (χ1v) is 6.98. The van der Waals surface area contributed by atoms with E-state index in [2.05, 4.69) is 12.2 Å². The van der Waals surface area contributed by atoms with Crippen LogP contribution in [0.1, 0.15) is 53.4 Å². The van der Waals surface area contributed by atoms with Gasteiger partial charge in [-0.15, -0.1) is 0 Å². The van der Waals surface area contributed by atoms with Crippen LogP contribution in [0.15, 0.2) is 0 Å². The fourth-order valence-electron chi connectivity index (χ4n) is 2.84. The van der Waals surface area contributed by atoms with Crippen molar-refractivity contribution in [2.45, 2.75) is 64.5 Å². The van der Waals surface area contributed by atoms with Gasteiger partial charge < -0.3 is 10.2 Å². The van der Waals surface area contributed by atoms with E-state index in [0.717, 1.165) is 25.7 Å². The molecule has 18 heavy (non-hydrogen) atoms. The summed E-state index contributed by atoms with van der Waals surface area (Å²) in [6, 6.07) is 0. The Morgan fingerprint density at radius 2 is 1.89 bits per heavy atom. The minimum absolute atomic E-state index is 0.0192. The van der Waals surface area contributed by atoms with E-state index in [0.29, 0.717) is 12.5 Å². The van der Waals surface area contributed by atoms with Crippen LogP contribution in [-0.2, 0) is 9.59 Å². The summed E-state index contributed by atoms with van der Waals surface area (Å²) in [4.78, 5) is 26.8. The van der Waals surface area contributed by atoms with Gasteiger partial charge in [0, 0.05) is 6.54 Å². The van der Waals surface area contributed by atoms with Gasteiger partial charge in [-0.1, -0.05) is 13.3 Å². The predicted molar refractivity (Wildman–Crippen MR) is 70.0 cm³/mol. The maximum Gasteiger partial charge on any atom is 0.248 e. The van der Waals surface area contributed by atoms with Gasteiger partial charge in [0.15, 0.2) is 0 Å². The van der Waals surface area contributed by atoms with E-state index in [1.54, 1.807) is 13.8 Å². The van der Waals surface area contributed by atoms with Gasteiger partial charge >= 0.3 is 0 Å². The third-order valence-corrected chi connectivity index (χ3v) is 4.33. The Morgan fingerprint density at radius 1 is 1.28 bits per heavy atom. The lowest BCUT2D eigenvalue weighted by Crippen LogP contribution is -2.74.